The van der Waals surface area contributed by atoms with Crippen molar-refractivity contribution in [3.8, 4) is 11.4 Å². The van der Waals surface area contributed by atoms with Gasteiger partial charge in [0.1, 0.15) is 0 Å². The Bertz CT molecular complexity index is 632. The number of thioether (sulfide) groups is 1. The predicted octanol–water partition coefficient (Wildman–Crippen LogP) is 3.63. The van der Waals surface area contributed by atoms with E-state index >= 15 is 0 Å². The number of hydrogen-bond acceptors (Lipinski definition) is 4. The lowest BCUT2D eigenvalue weighted by Crippen LogP contribution is -2.33. The fraction of sp³-hybridized carbons (Fsp3) is 0.400. The molecule has 0 bridgehead atoms. The maximum absolute atomic E-state index is 11.8. The first-order chi connectivity index (χ1) is 10.6. The van der Waals surface area contributed by atoms with E-state index in [2.05, 4.69) is 43.4 Å². The first kappa shape index (κ1) is 17.0. The highest BCUT2D eigenvalue weighted by atomic mass is 79.9. The summed E-state index contributed by atoms with van der Waals surface area (Å²) in [6.07, 6.45) is 2.05. The zero-order valence-electron chi connectivity index (χ0n) is 12.6. The van der Waals surface area contributed by atoms with Crippen LogP contribution in [0.5, 0.6) is 0 Å². The van der Waals surface area contributed by atoms with Gasteiger partial charge in [0.05, 0.1) is 5.75 Å². The maximum atomic E-state index is 11.8. The molecule has 2 N–H and O–H groups in total. The van der Waals surface area contributed by atoms with Crippen molar-refractivity contribution in [2.24, 2.45) is 0 Å². The minimum absolute atomic E-state index is 0.0122. The highest BCUT2D eigenvalue weighted by Gasteiger charge is 2.11. The molecule has 22 heavy (non-hydrogen) atoms. The van der Waals surface area contributed by atoms with E-state index < -0.39 is 0 Å². The molecule has 2 aromatic rings. The van der Waals surface area contributed by atoms with Gasteiger partial charge in [0.25, 0.3) is 0 Å². The first-order valence-electron chi connectivity index (χ1n) is 7.19. The van der Waals surface area contributed by atoms with E-state index in [-0.39, 0.29) is 11.9 Å². The second-order valence-corrected chi connectivity index (χ2v) is 6.79. The van der Waals surface area contributed by atoms with Crippen molar-refractivity contribution in [3.05, 3.63) is 28.7 Å². The zero-order chi connectivity index (χ0) is 15.9. The first-order valence-corrected chi connectivity index (χ1v) is 8.97. The second-order valence-electron chi connectivity index (χ2n) is 4.99. The predicted molar refractivity (Wildman–Crippen MR) is 92.8 cm³/mol. The van der Waals surface area contributed by atoms with Crippen LogP contribution in [0.25, 0.3) is 11.4 Å². The number of halogens is 1. The summed E-state index contributed by atoms with van der Waals surface area (Å²) >= 11 is 4.82. The molecule has 118 valence electrons. The van der Waals surface area contributed by atoms with Gasteiger partial charge in [-0.2, -0.15) is 0 Å². The van der Waals surface area contributed by atoms with Crippen molar-refractivity contribution >= 4 is 33.6 Å². The summed E-state index contributed by atoms with van der Waals surface area (Å²) in [5.74, 6) is 1.02. The van der Waals surface area contributed by atoms with E-state index in [1.807, 2.05) is 31.2 Å². The smallest absolute Gasteiger partial charge is 0.230 e. The Balaban J connectivity index is 1.90. The van der Waals surface area contributed by atoms with E-state index in [9.17, 15) is 4.79 Å². The van der Waals surface area contributed by atoms with Gasteiger partial charge in [-0.3, -0.25) is 9.89 Å². The second kappa shape index (κ2) is 8.33. The van der Waals surface area contributed by atoms with Crippen LogP contribution in [0.15, 0.2) is 33.9 Å². The number of carbonyl (C=O) groups excluding carboxylic acids is 1. The van der Waals surface area contributed by atoms with Gasteiger partial charge >= 0.3 is 0 Å². The van der Waals surface area contributed by atoms with E-state index in [1.54, 1.807) is 0 Å². The van der Waals surface area contributed by atoms with Crippen LogP contribution in [-0.2, 0) is 4.79 Å². The number of rotatable bonds is 7. The average Bonchev–Trinajstić information content (AvgIpc) is 2.94. The largest absolute Gasteiger partial charge is 0.353 e. The quantitative estimate of drug-likeness (QED) is 0.717. The molecule has 0 aliphatic rings. The summed E-state index contributed by atoms with van der Waals surface area (Å²) < 4.78 is 0.953. The SMILES string of the molecule is CCC[C@H](C)NC(=O)CSc1n[nH]c(-c2ccccc2Br)n1. The standard InChI is InChI=1S/C15H19BrN4OS/c1-3-6-10(2)17-13(21)9-22-15-18-14(19-20-15)11-7-4-5-8-12(11)16/h4-5,7-8,10H,3,6,9H2,1-2H3,(H,17,21)(H,18,19,20)/t10-/m0/s1. The maximum Gasteiger partial charge on any atom is 0.230 e. The topological polar surface area (TPSA) is 70.7 Å². The summed E-state index contributed by atoms with van der Waals surface area (Å²) in [6.45, 7) is 4.12. The minimum atomic E-state index is 0.0122. The van der Waals surface area contributed by atoms with E-state index in [1.165, 1.54) is 11.8 Å². The normalized spacial score (nSPS) is 12.1. The van der Waals surface area contributed by atoms with Gasteiger partial charge in [-0.05, 0) is 19.4 Å². The Morgan fingerprint density at radius 2 is 2.23 bits per heavy atom. The molecule has 0 aliphatic heterocycles. The van der Waals surface area contributed by atoms with Gasteiger partial charge in [-0.15, -0.1) is 5.10 Å². The van der Waals surface area contributed by atoms with E-state index in [0.717, 1.165) is 22.9 Å². The Hall–Kier alpha value is -1.34. The van der Waals surface area contributed by atoms with Gasteiger partial charge in [0, 0.05) is 16.1 Å². The molecule has 0 unspecified atom stereocenters. The van der Waals surface area contributed by atoms with Crippen molar-refractivity contribution in [1.29, 1.82) is 0 Å². The molecule has 1 atom stereocenters. The van der Waals surface area contributed by atoms with Gasteiger partial charge in [0.15, 0.2) is 5.82 Å². The van der Waals surface area contributed by atoms with E-state index in [0.29, 0.717) is 16.7 Å². The molecule has 0 spiro atoms. The van der Waals surface area contributed by atoms with Gasteiger partial charge in [-0.1, -0.05) is 59.2 Å². The van der Waals surface area contributed by atoms with Crippen molar-refractivity contribution in [2.75, 3.05) is 5.75 Å². The number of benzene rings is 1. The molecule has 0 saturated heterocycles. The van der Waals surface area contributed by atoms with Crippen LogP contribution in [-0.4, -0.2) is 32.9 Å². The fourth-order valence-electron chi connectivity index (χ4n) is 2.04. The monoisotopic (exact) mass is 382 g/mol. The number of amides is 1. The van der Waals surface area contributed by atoms with Crippen LogP contribution in [0.1, 0.15) is 26.7 Å². The molecule has 0 fully saturated rings. The Labute approximate surface area is 142 Å². The molecule has 0 radical (unpaired) electrons. The zero-order valence-corrected chi connectivity index (χ0v) is 15.0. The van der Waals surface area contributed by atoms with Crippen molar-refractivity contribution in [3.63, 3.8) is 0 Å². The molecule has 0 aliphatic carbocycles. The summed E-state index contributed by atoms with van der Waals surface area (Å²) in [6, 6.07) is 8.01. The number of hydrogen-bond donors (Lipinski definition) is 2. The number of nitrogens with zero attached hydrogens (tertiary/aromatic N) is 2. The lowest BCUT2D eigenvalue weighted by molar-refractivity contribution is -0.119. The Kier molecular flexibility index (Phi) is 6.45. The van der Waals surface area contributed by atoms with Gasteiger partial charge < -0.3 is 5.32 Å². The van der Waals surface area contributed by atoms with Crippen LogP contribution in [0.4, 0.5) is 0 Å². The number of carbonyl (C=O) groups is 1. The Morgan fingerprint density at radius 3 is 2.95 bits per heavy atom. The van der Waals surface area contributed by atoms with Crippen molar-refractivity contribution in [1.82, 2.24) is 20.5 Å². The van der Waals surface area contributed by atoms with Crippen LogP contribution in [0.2, 0.25) is 0 Å². The third-order valence-electron chi connectivity index (χ3n) is 3.06. The lowest BCUT2D eigenvalue weighted by atomic mass is 10.2. The van der Waals surface area contributed by atoms with Crippen LogP contribution in [0, 0.1) is 0 Å². The average molecular weight is 383 g/mol. The number of aromatic amines is 1. The summed E-state index contributed by atoms with van der Waals surface area (Å²) in [4.78, 5) is 16.2. The highest BCUT2D eigenvalue weighted by molar-refractivity contribution is 9.10. The van der Waals surface area contributed by atoms with Crippen LogP contribution >= 0.6 is 27.7 Å². The molecular weight excluding hydrogens is 364 g/mol. The third kappa shape index (κ3) is 4.84. The molecule has 7 heteroatoms. The van der Waals surface area contributed by atoms with Crippen molar-refractivity contribution < 1.29 is 4.79 Å². The molecule has 1 aromatic carbocycles. The fourth-order valence-corrected chi connectivity index (χ4v) is 3.12. The molecule has 1 amide bonds. The molecular formula is C15H19BrN4OS. The summed E-state index contributed by atoms with van der Waals surface area (Å²) in [5.41, 5.74) is 0.947. The third-order valence-corrected chi connectivity index (χ3v) is 4.59. The Morgan fingerprint density at radius 1 is 1.45 bits per heavy atom. The summed E-state index contributed by atoms with van der Waals surface area (Å²) in [7, 11) is 0. The number of H-pyrrole nitrogens is 1. The molecule has 2 rings (SSSR count). The van der Waals surface area contributed by atoms with Crippen LogP contribution < -0.4 is 5.32 Å². The molecule has 1 aromatic heterocycles. The number of aromatic nitrogens is 3. The minimum Gasteiger partial charge on any atom is -0.353 e. The van der Waals surface area contributed by atoms with Crippen molar-refractivity contribution in [2.45, 2.75) is 37.9 Å². The molecule has 5 nitrogen and oxygen atoms in total. The van der Waals surface area contributed by atoms with Crippen LogP contribution in [0.3, 0.4) is 0 Å². The lowest BCUT2D eigenvalue weighted by Gasteiger charge is -2.11. The highest BCUT2D eigenvalue weighted by Crippen LogP contribution is 2.26. The van der Waals surface area contributed by atoms with Gasteiger partial charge in [0.2, 0.25) is 11.1 Å². The molecule has 1 heterocycles. The molecule has 0 saturated carbocycles. The van der Waals surface area contributed by atoms with Gasteiger partial charge in [-0.25, -0.2) is 4.98 Å². The number of nitrogens with one attached hydrogen (secondary N) is 2. The summed E-state index contributed by atoms with van der Waals surface area (Å²) in [5, 5.41) is 10.6. The van der Waals surface area contributed by atoms with E-state index in [4.69, 9.17) is 0 Å².